The van der Waals surface area contributed by atoms with E-state index < -0.39 is 0 Å². The van der Waals surface area contributed by atoms with Crippen molar-refractivity contribution in [1.29, 1.82) is 0 Å². The van der Waals surface area contributed by atoms with E-state index in [2.05, 4.69) is 166 Å². The Morgan fingerprint density at radius 2 is 0.872 bits per heavy atom. The quantitative estimate of drug-likeness (QED) is 0.475. The van der Waals surface area contributed by atoms with E-state index in [1.165, 1.54) is 5.69 Å². The number of pyridine rings is 1. The molecule has 0 aliphatic rings. The summed E-state index contributed by atoms with van der Waals surface area (Å²) in [6.07, 6.45) is 12.8. The van der Waals surface area contributed by atoms with Gasteiger partial charge in [0, 0.05) is 97.0 Å². The molecule has 0 spiro atoms. The third-order valence-corrected chi connectivity index (χ3v) is 4.12. The zero-order chi connectivity index (χ0) is 27.8. The molecule has 0 N–H and O–H groups in total. The molecule has 2 rings (SSSR count). The number of anilines is 1. The summed E-state index contributed by atoms with van der Waals surface area (Å²) in [5, 5.41) is 0. The van der Waals surface area contributed by atoms with Crippen molar-refractivity contribution in [2.45, 2.75) is 0 Å². The van der Waals surface area contributed by atoms with Crippen molar-refractivity contribution in [3.63, 3.8) is 0 Å². The Balaban J connectivity index is 1.80. The second kappa shape index (κ2) is 18.4. The van der Waals surface area contributed by atoms with E-state index in [0.717, 1.165) is 11.1 Å². The van der Waals surface area contributed by atoms with Crippen molar-refractivity contribution in [2.75, 3.05) is 19.0 Å². The second-order valence-electron chi connectivity index (χ2n) is 6.99. The van der Waals surface area contributed by atoms with Gasteiger partial charge in [-0.3, -0.25) is 0 Å². The molecule has 2 aromatic rings. The summed E-state index contributed by atoms with van der Waals surface area (Å²) < 4.78 is 1.73. The van der Waals surface area contributed by atoms with Crippen molar-refractivity contribution in [3.8, 4) is 131 Å². The van der Waals surface area contributed by atoms with Gasteiger partial charge >= 0.3 is 0 Å². The van der Waals surface area contributed by atoms with E-state index in [1.54, 1.807) is 4.57 Å². The molecule has 0 saturated carbocycles. The molecule has 2 heteroatoms. The summed E-state index contributed by atoms with van der Waals surface area (Å²) in [6, 6.07) is 15.2. The van der Waals surface area contributed by atoms with Crippen LogP contribution in [0.4, 0.5) is 5.69 Å². The molecule has 39 heavy (non-hydrogen) atoms. The molecule has 0 radical (unpaired) electrons. The van der Waals surface area contributed by atoms with Gasteiger partial charge in [-0.15, -0.1) is 11.0 Å². The van der Waals surface area contributed by atoms with Gasteiger partial charge in [0.15, 0.2) is 12.4 Å². The average molecular weight is 490 g/mol. The van der Waals surface area contributed by atoms with Gasteiger partial charge in [-0.1, -0.05) is 24.3 Å². The molecule has 0 fully saturated rings. The molecule has 0 amide bonds. The van der Waals surface area contributed by atoms with E-state index in [4.69, 9.17) is 6.42 Å². The Bertz CT molecular complexity index is 1910. The Kier molecular flexibility index (Phi) is 13.4. The molecule has 0 bridgehead atoms. The fraction of sp³-hybridized carbons (Fsp3) is 0.0541. The van der Waals surface area contributed by atoms with Crippen LogP contribution in [0.3, 0.4) is 0 Å². The number of aromatic nitrogens is 1. The molecule has 2 nitrogen and oxygen atoms in total. The molecular formula is C37H17N2+. The van der Waals surface area contributed by atoms with Gasteiger partial charge in [0.1, 0.15) is 0 Å². The maximum atomic E-state index is 4.95. The molecule has 1 aromatic heterocycles. The van der Waals surface area contributed by atoms with Gasteiger partial charge in [-0.2, -0.15) is 0 Å². The maximum absolute atomic E-state index is 4.95. The number of nitrogens with zero attached hydrogens (tertiary/aromatic N) is 2. The van der Waals surface area contributed by atoms with Crippen LogP contribution in [0.2, 0.25) is 0 Å². The zero-order valence-corrected chi connectivity index (χ0v) is 21.2. The number of terminal acetylenes is 1. The van der Waals surface area contributed by atoms with Crippen LogP contribution in [-0.2, 0) is 0 Å². The van der Waals surface area contributed by atoms with Crippen molar-refractivity contribution in [1.82, 2.24) is 0 Å². The fourth-order valence-electron chi connectivity index (χ4n) is 2.36. The SMILES string of the molecule is C#CC#CC#CC#CC#CC#CC#CC#CC#CC#CC#C[n+]1ccc(/C=C/c2ccc(N(C)C)cc2)cc1. The molecule has 174 valence electrons. The van der Waals surface area contributed by atoms with Crippen LogP contribution in [0.5, 0.6) is 0 Å². The highest BCUT2D eigenvalue weighted by Gasteiger charge is 1.96. The van der Waals surface area contributed by atoms with Crippen LogP contribution in [-0.4, -0.2) is 14.1 Å². The second-order valence-corrected chi connectivity index (χ2v) is 6.99. The molecule has 1 aromatic carbocycles. The molecule has 0 unspecified atom stereocenters. The molecule has 0 aliphatic heterocycles. The van der Waals surface area contributed by atoms with Crippen molar-refractivity contribution >= 4 is 17.8 Å². The van der Waals surface area contributed by atoms with E-state index in [1.807, 2.05) is 38.6 Å². The topological polar surface area (TPSA) is 7.12 Å². The highest BCUT2D eigenvalue weighted by atomic mass is 15.1. The van der Waals surface area contributed by atoms with E-state index in [0.29, 0.717) is 0 Å². The summed E-state index contributed by atoms with van der Waals surface area (Å²) in [5.74, 6) is 50.2. The van der Waals surface area contributed by atoms with Crippen LogP contribution in [0, 0.1) is 131 Å². The maximum Gasteiger partial charge on any atom is 0.243 e. The summed E-state index contributed by atoms with van der Waals surface area (Å²) in [7, 11) is 4.05. The molecule has 0 saturated heterocycles. The summed E-state index contributed by atoms with van der Waals surface area (Å²) in [4.78, 5) is 2.07. The average Bonchev–Trinajstić information content (AvgIpc) is 2.96. The van der Waals surface area contributed by atoms with Crippen molar-refractivity contribution in [2.24, 2.45) is 0 Å². The third kappa shape index (κ3) is 13.5. The summed E-state index contributed by atoms with van der Waals surface area (Å²) >= 11 is 0. The number of hydrogen-bond donors (Lipinski definition) is 0. The lowest BCUT2D eigenvalue weighted by Gasteiger charge is -2.11. The van der Waals surface area contributed by atoms with E-state index in [9.17, 15) is 0 Å². The fourth-order valence-corrected chi connectivity index (χ4v) is 2.36. The summed E-state index contributed by atoms with van der Waals surface area (Å²) in [5.41, 5.74) is 3.38. The number of rotatable bonds is 3. The van der Waals surface area contributed by atoms with Crippen LogP contribution < -0.4 is 9.47 Å². The highest BCUT2D eigenvalue weighted by molar-refractivity contribution is 5.70. The predicted octanol–water partition coefficient (Wildman–Crippen LogP) is 2.68. The van der Waals surface area contributed by atoms with Gasteiger partial charge in [0.2, 0.25) is 6.04 Å². The normalized spacial score (nSPS) is 7.10. The van der Waals surface area contributed by atoms with E-state index in [-0.39, 0.29) is 0 Å². The number of benzene rings is 1. The minimum atomic E-state index is 1.07. The summed E-state index contributed by atoms with van der Waals surface area (Å²) in [6.45, 7) is 0. The van der Waals surface area contributed by atoms with Gasteiger partial charge in [-0.25, -0.2) is 0 Å². The Morgan fingerprint density at radius 1 is 0.513 bits per heavy atom. The van der Waals surface area contributed by atoms with E-state index >= 15 is 0 Å². The highest BCUT2D eigenvalue weighted by Crippen LogP contribution is 2.14. The third-order valence-electron chi connectivity index (χ3n) is 4.12. The standard InChI is InChI=1S/C37H17N2/c1-4-5-6-7-8-9-10-11-12-13-14-15-16-17-18-19-20-21-22-23-32-39-33-30-36(31-34-39)25-24-35-26-28-37(29-27-35)38(2)3/h1,24-31,33-34H,2-3H3/q+1. The van der Waals surface area contributed by atoms with Crippen LogP contribution in [0.25, 0.3) is 12.2 Å². The van der Waals surface area contributed by atoms with Gasteiger partial charge in [0.25, 0.3) is 0 Å². The zero-order valence-electron chi connectivity index (χ0n) is 21.2. The minimum Gasteiger partial charge on any atom is -0.378 e. The largest absolute Gasteiger partial charge is 0.378 e. The first kappa shape index (κ1) is 28.3. The smallest absolute Gasteiger partial charge is 0.243 e. The molecule has 0 atom stereocenters. The first-order chi connectivity index (χ1) is 19.2. The first-order valence-corrected chi connectivity index (χ1v) is 11.1. The van der Waals surface area contributed by atoms with Gasteiger partial charge in [0.05, 0.1) is 5.92 Å². The van der Waals surface area contributed by atoms with Crippen LogP contribution in [0.15, 0.2) is 48.8 Å². The molecule has 1 heterocycles. The van der Waals surface area contributed by atoms with Crippen molar-refractivity contribution < 1.29 is 4.57 Å². The predicted molar refractivity (Wildman–Crippen MR) is 158 cm³/mol. The van der Waals surface area contributed by atoms with Crippen molar-refractivity contribution in [3.05, 3.63) is 59.9 Å². The first-order valence-electron chi connectivity index (χ1n) is 11.1. The molecular weight excluding hydrogens is 472 g/mol. The van der Waals surface area contributed by atoms with Crippen LogP contribution in [0.1, 0.15) is 11.1 Å². The van der Waals surface area contributed by atoms with Gasteiger partial charge in [-0.05, 0) is 70.6 Å². The lowest BCUT2D eigenvalue weighted by atomic mass is 10.1. The minimum absolute atomic E-state index is 1.07. The Hall–Kier alpha value is -6.93. The Morgan fingerprint density at radius 3 is 1.26 bits per heavy atom. The van der Waals surface area contributed by atoms with Crippen LogP contribution >= 0.6 is 0 Å². The lowest BCUT2D eigenvalue weighted by molar-refractivity contribution is -0.583. The van der Waals surface area contributed by atoms with Gasteiger partial charge < -0.3 is 4.90 Å². The monoisotopic (exact) mass is 489 g/mol. The number of hydrogen-bond acceptors (Lipinski definition) is 1. The lowest BCUT2D eigenvalue weighted by Crippen LogP contribution is -2.26. The Labute approximate surface area is 231 Å². The molecule has 0 aliphatic carbocycles.